The number of carbonyl (C=O) groups excluding carboxylic acids is 1. The highest BCUT2D eigenvalue weighted by Gasteiger charge is 2.29. The zero-order valence-corrected chi connectivity index (χ0v) is 26.5. The minimum Gasteiger partial charge on any atom is -0.497 e. The summed E-state index contributed by atoms with van der Waals surface area (Å²) in [5.74, 6) is 0.627. The van der Waals surface area contributed by atoms with Gasteiger partial charge in [0.15, 0.2) is 0 Å². The fourth-order valence-corrected chi connectivity index (χ4v) is 7.57. The second-order valence-corrected chi connectivity index (χ2v) is 13.1. The van der Waals surface area contributed by atoms with Crippen molar-refractivity contribution in [2.75, 3.05) is 20.7 Å². The van der Waals surface area contributed by atoms with Gasteiger partial charge in [0, 0.05) is 31.6 Å². The van der Waals surface area contributed by atoms with E-state index in [1.54, 1.807) is 31.2 Å². The third kappa shape index (κ3) is 6.44. The smallest absolute Gasteiger partial charge is 0.241 e. The van der Waals surface area contributed by atoms with Crippen molar-refractivity contribution >= 4 is 27.5 Å². The van der Waals surface area contributed by atoms with Gasteiger partial charge in [-0.05, 0) is 106 Å². The van der Waals surface area contributed by atoms with Crippen molar-refractivity contribution in [1.82, 2.24) is 24.6 Å². The Hall–Kier alpha value is -2.95. The molecule has 0 unspecified atom stereocenters. The summed E-state index contributed by atoms with van der Waals surface area (Å²) < 4.78 is 36.2. The van der Waals surface area contributed by atoms with Crippen LogP contribution < -0.4 is 9.46 Å². The number of carbonyl (C=O) groups is 1. The Labute approximate surface area is 248 Å². The lowest BCUT2D eigenvalue weighted by molar-refractivity contribution is -0.132. The first-order valence-electron chi connectivity index (χ1n) is 13.9. The third-order valence-electron chi connectivity index (χ3n) is 8.77. The van der Waals surface area contributed by atoms with Crippen molar-refractivity contribution in [3.63, 3.8) is 0 Å². The minimum absolute atomic E-state index is 0.0558. The zero-order chi connectivity index (χ0) is 30.1. The Morgan fingerprint density at radius 2 is 1.66 bits per heavy atom. The molecule has 4 rings (SSSR count). The molecule has 2 aromatic carbocycles. The number of nitrogens with zero attached hydrogens (tertiary/aromatic N) is 4. The third-order valence-corrected chi connectivity index (χ3v) is 10.8. The van der Waals surface area contributed by atoms with E-state index >= 15 is 0 Å². The van der Waals surface area contributed by atoms with Gasteiger partial charge in [0.1, 0.15) is 11.4 Å². The molecule has 1 N–H and O–H groups in total. The number of hydrogen-bond donors (Lipinski definition) is 1. The van der Waals surface area contributed by atoms with Crippen LogP contribution in [0.2, 0.25) is 5.02 Å². The highest BCUT2D eigenvalue weighted by Crippen LogP contribution is 2.34. The van der Waals surface area contributed by atoms with Crippen molar-refractivity contribution in [3.05, 3.63) is 57.2 Å². The van der Waals surface area contributed by atoms with Gasteiger partial charge in [-0.1, -0.05) is 16.8 Å². The van der Waals surface area contributed by atoms with Crippen molar-refractivity contribution in [1.29, 1.82) is 0 Å². The first-order chi connectivity index (χ1) is 19.4. The summed E-state index contributed by atoms with van der Waals surface area (Å²) >= 11 is 6.38. The van der Waals surface area contributed by atoms with Crippen molar-refractivity contribution in [2.24, 2.45) is 0 Å². The number of sulfonamides is 1. The van der Waals surface area contributed by atoms with Gasteiger partial charge < -0.3 is 9.64 Å². The first kappa shape index (κ1) is 31.0. The molecule has 0 saturated heterocycles. The summed E-state index contributed by atoms with van der Waals surface area (Å²) in [7, 11) is -0.329. The standard InChI is InChI=1S/C30H40ClN5O4S/c1-18-19(2)21(4)30(22(5)20(18)3)41(38,39)32-15-14-29(37)35(6)23-8-10-24(11-9-23)36-17-28(33-34-36)26-16-25(40-7)12-13-27(26)31/h12-13,16-17,23-24,32H,8-11,14-15H2,1-7H3. The van der Waals surface area contributed by atoms with E-state index in [-0.39, 0.29) is 31.0 Å². The van der Waals surface area contributed by atoms with Crippen LogP contribution in [0.3, 0.4) is 0 Å². The molecule has 41 heavy (non-hydrogen) atoms. The molecule has 0 spiro atoms. The Kier molecular flexibility index (Phi) is 9.45. The Balaban J connectivity index is 1.31. The minimum atomic E-state index is -3.74. The predicted molar refractivity (Wildman–Crippen MR) is 161 cm³/mol. The molecule has 9 nitrogen and oxygen atoms in total. The van der Waals surface area contributed by atoms with E-state index in [9.17, 15) is 13.2 Å². The van der Waals surface area contributed by atoms with E-state index in [0.717, 1.165) is 59.1 Å². The molecule has 3 aromatic rings. The van der Waals surface area contributed by atoms with Crippen LogP contribution in [0, 0.1) is 34.6 Å². The first-order valence-corrected chi connectivity index (χ1v) is 15.8. The number of rotatable bonds is 9. The van der Waals surface area contributed by atoms with Crippen LogP contribution in [0.1, 0.15) is 66.0 Å². The number of aromatic nitrogens is 3. The molecule has 1 fully saturated rings. The number of amides is 1. The van der Waals surface area contributed by atoms with Gasteiger partial charge in [0.25, 0.3) is 0 Å². The average Bonchev–Trinajstić information content (AvgIpc) is 3.45. The van der Waals surface area contributed by atoms with E-state index in [1.165, 1.54) is 0 Å². The number of methoxy groups -OCH3 is 1. The Bertz CT molecular complexity index is 1520. The topological polar surface area (TPSA) is 106 Å². The summed E-state index contributed by atoms with van der Waals surface area (Å²) in [5.41, 5.74) is 6.03. The summed E-state index contributed by atoms with van der Waals surface area (Å²) in [4.78, 5) is 15.1. The number of benzene rings is 2. The molecule has 1 aromatic heterocycles. The van der Waals surface area contributed by atoms with E-state index < -0.39 is 10.0 Å². The number of ether oxygens (including phenoxy) is 1. The average molecular weight is 602 g/mol. The predicted octanol–water partition coefficient (Wildman–Crippen LogP) is 5.46. The molecular formula is C30H40ClN5O4S. The van der Waals surface area contributed by atoms with E-state index in [0.29, 0.717) is 21.4 Å². The number of hydrogen-bond acceptors (Lipinski definition) is 6. The lowest BCUT2D eigenvalue weighted by Crippen LogP contribution is -2.41. The van der Waals surface area contributed by atoms with E-state index in [2.05, 4.69) is 15.0 Å². The Morgan fingerprint density at radius 3 is 2.27 bits per heavy atom. The maximum atomic E-state index is 13.2. The van der Waals surface area contributed by atoms with Gasteiger partial charge in [-0.3, -0.25) is 4.79 Å². The molecule has 1 heterocycles. The fourth-order valence-electron chi connectivity index (χ4n) is 5.73. The molecule has 1 amide bonds. The number of nitrogens with one attached hydrogen (secondary N) is 1. The SMILES string of the molecule is COc1ccc(Cl)c(-c2cn(C3CCC(N(C)C(=O)CCNS(=O)(=O)c4c(C)c(C)c(C)c(C)c4C)CC3)nn2)c1. The molecule has 0 aliphatic heterocycles. The molecule has 0 bridgehead atoms. The monoisotopic (exact) mass is 601 g/mol. The maximum absolute atomic E-state index is 13.2. The van der Waals surface area contributed by atoms with Crippen molar-refractivity contribution in [2.45, 2.75) is 83.7 Å². The van der Waals surface area contributed by atoms with E-state index in [4.69, 9.17) is 16.3 Å². The van der Waals surface area contributed by atoms with Gasteiger partial charge >= 0.3 is 0 Å². The van der Waals surface area contributed by atoms with E-state index in [1.807, 2.05) is 51.6 Å². The highest BCUT2D eigenvalue weighted by atomic mass is 35.5. The van der Waals surface area contributed by atoms with Gasteiger partial charge in [0.2, 0.25) is 15.9 Å². The van der Waals surface area contributed by atoms with Gasteiger partial charge in [-0.25, -0.2) is 17.8 Å². The van der Waals surface area contributed by atoms with Crippen LogP contribution in [-0.2, 0) is 14.8 Å². The van der Waals surface area contributed by atoms with Crippen molar-refractivity contribution in [3.8, 4) is 17.0 Å². The Morgan fingerprint density at radius 1 is 1.05 bits per heavy atom. The number of halogens is 1. The lowest BCUT2D eigenvalue weighted by atomic mass is 9.90. The summed E-state index contributed by atoms with van der Waals surface area (Å²) in [6, 6.07) is 5.71. The van der Waals surface area contributed by atoms with Crippen LogP contribution in [0.15, 0.2) is 29.3 Å². The van der Waals surface area contributed by atoms with Crippen LogP contribution in [-0.4, -0.2) is 61.0 Å². The second kappa shape index (κ2) is 12.5. The van der Waals surface area contributed by atoms with Crippen molar-refractivity contribution < 1.29 is 17.9 Å². The van der Waals surface area contributed by atoms with Crippen LogP contribution >= 0.6 is 11.6 Å². The maximum Gasteiger partial charge on any atom is 0.241 e. The highest BCUT2D eigenvalue weighted by molar-refractivity contribution is 7.89. The van der Waals surface area contributed by atoms with Gasteiger partial charge in [0.05, 0.1) is 29.3 Å². The molecule has 0 atom stereocenters. The summed E-state index contributed by atoms with van der Waals surface area (Å²) in [6.45, 7) is 9.64. The molecular weight excluding hydrogens is 562 g/mol. The molecule has 1 aliphatic carbocycles. The fraction of sp³-hybridized carbons (Fsp3) is 0.500. The zero-order valence-electron chi connectivity index (χ0n) is 24.9. The molecule has 1 saturated carbocycles. The van der Waals surface area contributed by atoms with Crippen LogP contribution in [0.5, 0.6) is 5.75 Å². The summed E-state index contributed by atoms with van der Waals surface area (Å²) in [6.07, 6.45) is 5.38. The quantitative estimate of drug-likeness (QED) is 0.349. The summed E-state index contributed by atoms with van der Waals surface area (Å²) in [5, 5.41) is 9.27. The van der Waals surface area contributed by atoms with Gasteiger partial charge in [-0.2, -0.15) is 0 Å². The van der Waals surface area contributed by atoms with Gasteiger partial charge in [-0.15, -0.1) is 5.10 Å². The second-order valence-electron chi connectivity index (χ2n) is 11.0. The normalized spacial score (nSPS) is 17.5. The van der Waals surface area contributed by atoms with Crippen LogP contribution in [0.4, 0.5) is 0 Å². The lowest BCUT2D eigenvalue weighted by Gasteiger charge is -2.34. The molecule has 222 valence electrons. The molecule has 0 radical (unpaired) electrons. The van der Waals surface area contributed by atoms with Crippen LogP contribution in [0.25, 0.3) is 11.3 Å². The molecule has 1 aliphatic rings. The molecule has 11 heteroatoms. The largest absolute Gasteiger partial charge is 0.497 e.